The summed E-state index contributed by atoms with van der Waals surface area (Å²) in [4.78, 5) is 40.3. The summed E-state index contributed by atoms with van der Waals surface area (Å²) in [6, 6.07) is -1.06. The average molecular weight is 377 g/mol. The lowest BCUT2D eigenvalue weighted by molar-refractivity contribution is -0.143. The molecule has 7 heteroatoms. The largest absolute Gasteiger partial charge is 0.465 e. The van der Waals surface area contributed by atoms with E-state index in [2.05, 4.69) is 17.5 Å². The van der Waals surface area contributed by atoms with E-state index in [4.69, 9.17) is 0 Å². The average Bonchev–Trinajstić information content (AvgIpc) is 3.23. The Morgan fingerprint density at radius 3 is 2.78 bits per heavy atom. The van der Waals surface area contributed by atoms with Crippen LogP contribution in [0.2, 0.25) is 0 Å². The molecule has 0 spiro atoms. The highest BCUT2D eigenvalue weighted by Crippen LogP contribution is 2.34. The second kappa shape index (κ2) is 8.31. The van der Waals surface area contributed by atoms with Gasteiger partial charge in [-0.1, -0.05) is 31.9 Å². The van der Waals surface area contributed by atoms with Gasteiger partial charge in [0.1, 0.15) is 12.1 Å². The predicted molar refractivity (Wildman–Crippen MR) is 101 cm³/mol. The maximum absolute atomic E-state index is 13.2. The van der Waals surface area contributed by atoms with Gasteiger partial charge in [-0.25, -0.2) is 4.79 Å². The Kier molecular flexibility index (Phi) is 6.07. The predicted octanol–water partition coefficient (Wildman–Crippen LogP) is 2.23. The van der Waals surface area contributed by atoms with Gasteiger partial charge in [0.2, 0.25) is 11.8 Å². The van der Waals surface area contributed by atoms with Crippen molar-refractivity contribution in [1.29, 1.82) is 0 Å². The van der Waals surface area contributed by atoms with Gasteiger partial charge in [-0.05, 0) is 43.9 Å². The molecule has 150 valence electrons. The van der Waals surface area contributed by atoms with Crippen LogP contribution in [0, 0.1) is 11.8 Å². The minimum atomic E-state index is -1.11. The van der Waals surface area contributed by atoms with Crippen LogP contribution in [0.25, 0.3) is 0 Å². The van der Waals surface area contributed by atoms with E-state index in [1.807, 2.05) is 6.92 Å². The van der Waals surface area contributed by atoms with Gasteiger partial charge in [-0.3, -0.25) is 14.5 Å². The maximum Gasteiger partial charge on any atom is 0.407 e. The number of likely N-dealkylation sites (N-methyl/N-ethyl adjacent to an activating group) is 1. The van der Waals surface area contributed by atoms with Crippen molar-refractivity contribution < 1.29 is 19.5 Å². The standard InChI is InChI=1S/C20H31N3O4/c1-13-10-11-23-17(13)18(24)21-15-12-14(15)8-6-4-3-5-7-9-16(19(23)25)22(2)20(26)27/h6,8,13-17H,3-5,7,9-12H2,1-2H3,(H,21,24)(H,26,27). The van der Waals surface area contributed by atoms with Gasteiger partial charge in [0.05, 0.1) is 0 Å². The van der Waals surface area contributed by atoms with E-state index in [0.717, 1.165) is 43.4 Å². The monoisotopic (exact) mass is 377 g/mol. The van der Waals surface area contributed by atoms with Gasteiger partial charge in [0, 0.05) is 19.6 Å². The first kappa shape index (κ1) is 19.7. The van der Waals surface area contributed by atoms with Gasteiger partial charge in [0.25, 0.3) is 0 Å². The number of allylic oxidation sites excluding steroid dienone is 1. The third-order valence-corrected chi connectivity index (χ3v) is 6.21. The molecule has 2 heterocycles. The summed E-state index contributed by atoms with van der Waals surface area (Å²) >= 11 is 0. The molecule has 27 heavy (non-hydrogen) atoms. The Hall–Kier alpha value is -2.05. The molecule has 0 aromatic rings. The van der Waals surface area contributed by atoms with Crippen LogP contribution in [0.1, 0.15) is 51.9 Å². The first-order valence-corrected chi connectivity index (χ1v) is 10.1. The molecule has 3 amide bonds. The molecule has 0 aromatic heterocycles. The summed E-state index contributed by atoms with van der Waals surface area (Å²) in [5.41, 5.74) is 0. The Bertz CT molecular complexity index is 620. The van der Waals surface area contributed by atoms with Gasteiger partial charge < -0.3 is 15.3 Å². The second-order valence-corrected chi connectivity index (χ2v) is 8.23. The Labute approximate surface area is 160 Å². The highest BCUT2D eigenvalue weighted by molar-refractivity contribution is 5.92. The first-order chi connectivity index (χ1) is 12.9. The first-order valence-electron chi connectivity index (χ1n) is 10.1. The number of hydrogen-bond acceptors (Lipinski definition) is 3. The molecule has 1 aliphatic carbocycles. The van der Waals surface area contributed by atoms with Crippen molar-refractivity contribution in [2.75, 3.05) is 13.6 Å². The third-order valence-electron chi connectivity index (χ3n) is 6.21. The number of rotatable bonds is 1. The normalized spacial score (nSPS) is 34.7. The number of nitrogens with zero attached hydrogens (tertiary/aromatic N) is 2. The van der Waals surface area contributed by atoms with E-state index in [1.165, 1.54) is 7.05 Å². The minimum absolute atomic E-state index is 0.0770. The molecule has 1 saturated heterocycles. The van der Waals surface area contributed by atoms with E-state index >= 15 is 0 Å². The van der Waals surface area contributed by atoms with Crippen molar-refractivity contribution in [1.82, 2.24) is 15.1 Å². The van der Waals surface area contributed by atoms with E-state index in [0.29, 0.717) is 18.9 Å². The number of carbonyl (C=O) groups is 3. The fraction of sp³-hybridized carbons (Fsp3) is 0.750. The molecular weight excluding hydrogens is 346 g/mol. The van der Waals surface area contributed by atoms with E-state index in [1.54, 1.807) is 4.90 Å². The summed E-state index contributed by atoms with van der Waals surface area (Å²) in [7, 11) is 1.45. The molecule has 0 aromatic carbocycles. The van der Waals surface area contributed by atoms with Gasteiger partial charge >= 0.3 is 6.09 Å². The molecule has 3 rings (SSSR count). The fourth-order valence-electron chi connectivity index (χ4n) is 4.31. The van der Waals surface area contributed by atoms with E-state index in [-0.39, 0.29) is 23.8 Å². The topological polar surface area (TPSA) is 90.0 Å². The molecule has 5 unspecified atom stereocenters. The van der Waals surface area contributed by atoms with E-state index in [9.17, 15) is 19.5 Å². The number of hydrogen-bond donors (Lipinski definition) is 2. The molecule has 0 bridgehead atoms. The molecule has 7 nitrogen and oxygen atoms in total. The zero-order valence-electron chi connectivity index (χ0n) is 16.3. The van der Waals surface area contributed by atoms with Crippen LogP contribution in [0.5, 0.6) is 0 Å². The second-order valence-electron chi connectivity index (χ2n) is 8.23. The highest BCUT2D eigenvalue weighted by Gasteiger charge is 2.45. The quantitative estimate of drug-likeness (QED) is 0.686. The van der Waals surface area contributed by atoms with Crippen molar-refractivity contribution in [3.8, 4) is 0 Å². The Balaban J connectivity index is 1.81. The van der Waals surface area contributed by atoms with Crippen LogP contribution in [0.4, 0.5) is 4.79 Å². The molecule has 2 N–H and O–H groups in total. The van der Waals surface area contributed by atoms with Crippen LogP contribution < -0.4 is 5.32 Å². The van der Waals surface area contributed by atoms with Gasteiger partial charge in [-0.2, -0.15) is 0 Å². The van der Waals surface area contributed by atoms with Crippen LogP contribution in [0.15, 0.2) is 12.2 Å². The van der Waals surface area contributed by atoms with Crippen molar-refractivity contribution in [2.24, 2.45) is 11.8 Å². The minimum Gasteiger partial charge on any atom is -0.465 e. The van der Waals surface area contributed by atoms with Crippen LogP contribution in [0.3, 0.4) is 0 Å². The van der Waals surface area contributed by atoms with Crippen molar-refractivity contribution in [2.45, 2.75) is 70.0 Å². The summed E-state index contributed by atoms with van der Waals surface area (Å²) < 4.78 is 0. The SMILES string of the molecule is CC1CCN2C(=O)C(N(C)C(=O)O)CCCCCC=CC3CC3NC(=O)C12. The molecule has 0 radical (unpaired) electrons. The molecular formula is C20H31N3O4. The Morgan fingerprint density at radius 2 is 2.04 bits per heavy atom. The molecule has 1 saturated carbocycles. The highest BCUT2D eigenvalue weighted by atomic mass is 16.4. The molecule has 3 aliphatic rings. The fourth-order valence-corrected chi connectivity index (χ4v) is 4.31. The number of carboxylic acid groups (broad SMARTS) is 1. The lowest BCUT2D eigenvalue weighted by atomic mass is 10.0. The van der Waals surface area contributed by atoms with E-state index < -0.39 is 18.2 Å². The maximum atomic E-state index is 13.2. The summed E-state index contributed by atoms with van der Waals surface area (Å²) in [5.74, 6) is 0.157. The number of carbonyl (C=O) groups excluding carboxylic acids is 2. The van der Waals surface area contributed by atoms with Crippen LogP contribution >= 0.6 is 0 Å². The number of nitrogens with one attached hydrogen (secondary N) is 1. The van der Waals surface area contributed by atoms with Gasteiger partial charge in [-0.15, -0.1) is 0 Å². The summed E-state index contributed by atoms with van der Waals surface area (Å²) in [6.07, 6.45) is 9.28. The molecule has 2 fully saturated rings. The summed E-state index contributed by atoms with van der Waals surface area (Å²) in [5, 5.41) is 12.5. The van der Waals surface area contributed by atoms with Crippen molar-refractivity contribution >= 4 is 17.9 Å². The third kappa shape index (κ3) is 4.45. The zero-order valence-corrected chi connectivity index (χ0v) is 16.3. The zero-order chi connectivity index (χ0) is 19.6. The number of fused-ring (bicyclic) bond motifs is 2. The lowest BCUT2D eigenvalue weighted by Crippen LogP contribution is -2.55. The Morgan fingerprint density at radius 1 is 1.26 bits per heavy atom. The van der Waals surface area contributed by atoms with Gasteiger partial charge in [0.15, 0.2) is 0 Å². The van der Waals surface area contributed by atoms with Crippen molar-refractivity contribution in [3.63, 3.8) is 0 Å². The smallest absolute Gasteiger partial charge is 0.407 e. The van der Waals surface area contributed by atoms with Crippen LogP contribution in [-0.4, -0.2) is 64.5 Å². The molecule has 2 aliphatic heterocycles. The summed E-state index contributed by atoms with van der Waals surface area (Å²) in [6.45, 7) is 2.50. The van der Waals surface area contributed by atoms with Crippen LogP contribution in [-0.2, 0) is 9.59 Å². The van der Waals surface area contributed by atoms with Crippen molar-refractivity contribution in [3.05, 3.63) is 12.2 Å². The lowest BCUT2D eigenvalue weighted by Gasteiger charge is -2.32. The number of amides is 3. The molecule has 5 atom stereocenters.